The molecule has 0 saturated carbocycles. The lowest BCUT2D eigenvalue weighted by Crippen LogP contribution is -2.34. The Hall–Kier alpha value is -2.89. The number of benzene rings is 1. The predicted octanol–water partition coefficient (Wildman–Crippen LogP) is 3.74. The van der Waals surface area contributed by atoms with E-state index in [1.54, 1.807) is 0 Å². The van der Waals surface area contributed by atoms with E-state index in [9.17, 15) is 4.79 Å². The molecule has 27 heavy (non-hydrogen) atoms. The standard InChI is InChI=1S/C21H23N5O/c1-11-5-3-6-13-10-22-21(27)15-9-17(25-18(13)15)14-7-4-8-16-19(14)26-20(23-11)12(2)24-16/h4,7-9,11,13,25H,3,5-6,10H2,1-2H3,(H,22,27)(H,23,26)/t11-,13-/m1/s1. The van der Waals surface area contributed by atoms with Gasteiger partial charge in [-0.25, -0.2) is 9.97 Å². The minimum Gasteiger partial charge on any atom is -0.366 e. The summed E-state index contributed by atoms with van der Waals surface area (Å²) in [4.78, 5) is 25.6. The lowest BCUT2D eigenvalue weighted by molar-refractivity contribution is 0.0939. The first-order valence-electron chi connectivity index (χ1n) is 9.65. The van der Waals surface area contributed by atoms with Crippen LogP contribution in [-0.4, -0.2) is 33.4 Å². The highest BCUT2D eigenvalue weighted by Gasteiger charge is 2.28. The van der Waals surface area contributed by atoms with Gasteiger partial charge in [0, 0.05) is 35.5 Å². The molecule has 138 valence electrons. The van der Waals surface area contributed by atoms with E-state index in [1.807, 2.05) is 31.2 Å². The zero-order valence-electron chi connectivity index (χ0n) is 15.6. The van der Waals surface area contributed by atoms with Gasteiger partial charge in [0.25, 0.3) is 5.91 Å². The Labute approximate surface area is 157 Å². The molecule has 0 unspecified atom stereocenters. The van der Waals surface area contributed by atoms with Gasteiger partial charge in [-0.2, -0.15) is 0 Å². The van der Waals surface area contributed by atoms with E-state index in [0.29, 0.717) is 18.5 Å². The van der Waals surface area contributed by atoms with Gasteiger partial charge in [-0.15, -0.1) is 0 Å². The summed E-state index contributed by atoms with van der Waals surface area (Å²) in [6.07, 6.45) is 3.18. The van der Waals surface area contributed by atoms with Crippen LogP contribution in [0, 0.1) is 6.92 Å². The normalized spacial score (nSPS) is 21.8. The SMILES string of the molecule is Cc1nc2cccc3c2nc1N[C@H](C)CCC[C@@H]1CNC(=O)c2cc-3[nH]c21. The highest BCUT2D eigenvalue weighted by Crippen LogP contribution is 2.35. The zero-order valence-corrected chi connectivity index (χ0v) is 15.6. The predicted molar refractivity (Wildman–Crippen MR) is 106 cm³/mol. The molecule has 4 bridgehead atoms. The van der Waals surface area contributed by atoms with Crippen LogP contribution < -0.4 is 10.6 Å². The molecule has 2 atom stereocenters. The van der Waals surface area contributed by atoms with Gasteiger partial charge in [-0.05, 0) is 38.8 Å². The van der Waals surface area contributed by atoms with Gasteiger partial charge in [0.05, 0.1) is 16.8 Å². The molecule has 6 nitrogen and oxygen atoms in total. The van der Waals surface area contributed by atoms with Crippen LogP contribution in [0.5, 0.6) is 0 Å². The van der Waals surface area contributed by atoms with Crippen molar-refractivity contribution in [3.8, 4) is 11.3 Å². The van der Waals surface area contributed by atoms with Crippen LogP contribution in [-0.2, 0) is 0 Å². The molecule has 5 rings (SSSR count). The fourth-order valence-electron chi connectivity index (χ4n) is 4.28. The molecular weight excluding hydrogens is 338 g/mol. The second kappa shape index (κ2) is 6.08. The fraction of sp³-hybridized carbons (Fsp3) is 0.381. The van der Waals surface area contributed by atoms with Crippen LogP contribution in [0.15, 0.2) is 24.3 Å². The van der Waals surface area contributed by atoms with Gasteiger partial charge >= 0.3 is 0 Å². The number of fused-ring (bicyclic) bond motifs is 3. The van der Waals surface area contributed by atoms with Crippen molar-refractivity contribution in [2.45, 2.75) is 45.1 Å². The van der Waals surface area contributed by atoms with Crippen molar-refractivity contribution in [2.24, 2.45) is 0 Å². The summed E-state index contributed by atoms with van der Waals surface area (Å²) in [5.74, 6) is 1.18. The maximum Gasteiger partial charge on any atom is 0.253 e. The molecule has 0 fully saturated rings. The number of hydrogen-bond acceptors (Lipinski definition) is 4. The Morgan fingerprint density at radius 2 is 2.04 bits per heavy atom. The first-order chi connectivity index (χ1) is 13.1. The van der Waals surface area contributed by atoms with E-state index >= 15 is 0 Å². The molecule has 3 N–H and O–H groups in total. The van der Waals surface area contributed by atoms with Crippen molar-refractivity contribution in [1.82, 2.24) is 20.3 Å². The summed E-state index contributed by atoms with van der Waals surface area (Å²) in [7, 11) is 0. The third kappa shape index (κ3) is 2.67. The number of nitrogens with one attached hydrogen (secondary N) is 3. The Kier molecular flexibility index (Phi) is 3.67. The third-order valence-corrected chi connectivity index (χ3v) is 5.74. The highest BCUT2D eigenvalue weighted by molar-refractivity contribution is 6.00. The number of para-hydroxylation sites is 1. The average Bonchev–Trinajstić information content (AvgIpc) is 3.09. The quantitative estimate of drug-likeness (QED) is 0.569. The molecule has 0 spiro atoms. The van der Waals surface area contributed by atoms with Crippen LogP contribution in [0.1, 0.15) is 53.8 Å². The molecule has 4 heterocycles. The highest BCUT2D eigenvalue weighted by atomic mass is 16.1. The van der Waals surface area contributed by atoms with E-state index in [1.165, 1.54) is 0 Å². The number of anilines is 1. The molecule has 6 heteroatoms. The molecule has 0 radical (unpaired) electrons. The van der Waals surface area contributed by atoms with Crippen LogP contribution in [0.4, 0.5) is 5.82 Å². The fourth-order valence-corrected chi connectivity index (χ4v) is 4.28. The summed E-state index contributed by atoms with van der Waals surface area (Å²) in [6.45, 7) is 4.89. The number of carbonyl (C=O) groups is 1. The number of aryl methyl sites for hydroxylation is 1. The maximum absolute atomic E-state index is 12.4. The molecule has 3 aromatic rings. The maximum atomic E-state index is 12.4. The smallest absolute Gasteiger partial charge is 0.253 e. The first kappa shape index (κ1) is 16.3. The molecular formula is C21H23N5O. The minimum atomic E-state index is 0.00809. The van der Waals surface area contributed by atoms with E-state index in [-0.39, 0.29) is 5.91 Å². The van der Waals surface area contributed by atoms with Crippen LogP contribution >= 0.6 is 0 Å². The van der Waals surface area contributed by atoms with Gasteiger partial charge in [0.2, 0.25) is 0 Å². The molecule has 0 aliphatic carbocycles. The molecule has 2 aliphatic heterocycles. The number of aromatic amines is 1. The molecule has 0 saturated heterocycles. The Morgan fingerprint density at radius 1 is 1.15 bits per heavy atom. The van der Waals surface area contributed by atoms with Gasteiger partial charge in [-0.3, -0.25) is 4.79 Å². The Balaban J connectivity index is 1.77. The summed E-state index contributed by atoms with van der Waals surface area (Å²) in [6, 6.07) is 8.32. The Bertz CT molecular complexity index is 1050. The monoisotopic (exact) mass is 361 g/mol. The largest absolute Gasteiger partial charge is 0.366 e. The van der Waals surface area contributed by atoms with Gasteiger partial charge < -0.3 is 15.6 Å². The molecule has 2 aromatic heterocycles. The number of aromatic nitrogens is 3. The van der Waals surface area contributed by atoms with Crippen LogP contribution in [0.3, 0.4) is 0 Å². The Morgan fingerprint density at radius 3 is 2.93 bits per heavy atom. The first-order valence-corrected chi connectivity index (χ1v) is 9.65. The summed E-state index contributed by atoms with van der Waals surface area (Å²) in [5, 5.41) is 6.59. The van der Waals surface area contributed by atoms with Crippen molar-refractivity contribution in [3.05, 3.63) is 41.2 Å². The van der Waals surface area contributed by atoms with Crippen molar-refractivity contribution in [2.75, 3.05) is 11.9 Å². The van der Waals surface area contributed by atoms with Crippen molar-refractivity contribution < 1.29 is 4.79 Å². The number of hydrogen-bond donors (Lipinski definition) is 3. The summed E-state index contributed by atoms with van der Waals surface area (Å²) in [5.41, 5.74) is 6.37. The van der Waals surface area contributed by atoms with Crippen molar-refractivity contribution in [3.63, 3.8) is 0 Å². The number of amides is 1. The van der Waals surface area contributed by atoms with E-state index in [0.717, 1.165) is 64.3 Å². The van der Waals surface area contributed by atoms with E-state index in [4.69, 9.17) is 9.97 Å². The minimum absolute atomic E-state index is 0.00809. The second-order valence-electron chi connectivity index (χ2n) is 7.72. The van der Waals surface area contributed by atoms with E-state index in [2.05, 4.69) is 22.5 Å². The topological polar surface area (TPSA) is 82.7 Å². The summed E-state index contributed by atoms with van der Waals surface area (Å²) >= 11 is 0. The lowest BCUT2D eigenvalue weighted by Gasteiger charge is -2.23. The van der Waals surface area contributed by atoms with E-state index < -0.39 is 0 Å². The van der Waals surface area contributed by atoms with Crippen LogP contribution in [0.2, 0.25) is 0 Å². The zero-order chi connectivity index (χ0) is 18.5. The number of H-pyrrole nitrogens is 1. The third-order valence-electron chi connectivity index (χ3n) is 5.74. The average molecular weight is 361 g/mol. The van der Waals surface area contributed by atoms with Crippen LogP contribution in [0.25, 0.3) is 22.3 Å². The number of rotatable bonds is 0. The van der Waals surface area contributed by atoms with Crippen molar-refractivity contribution in [1.29, 1.82) is 0 Å². The van der Waals surface area contributed by atoms with Gasteiger partial charge in [-0.1, -0.05) is 18.6 Å². The number of carbonyl (C=O) groups excluding carboxylic acids is 1. The van der Waals surface area contributed by atoms with Crippen molar-refractivity contribution >= 4 is 22.8 Å². The molecule has 1 amide bonds. The molecule has 2 aliphatic rings. The number of nitrogens with zero attached hydrogens (tertiary/aromatic N) is 2. The summed E-state index contributed by atoms with van der Waals surface area (Å²) < 4.78 is 0. The second-order valence-corrected chi connectivity index (χ2v) is 7.72. The van der Waals surface area contributed by atoms with Gasteiger partial charge in [0.1, 0.15) is 11.3 Å². The molecule has 1 aromatic carbocycles. The lowest BCUT2D eigenvalue weighted by atomic mass is 9.91. The van der Waals surface area contributed by atoms with Gasteiger partial charge in [0.15, 0.2) is 0 Å².